The highest BCUT2D eigenvalue weighted by Gasteiger charge is 2.15. The molecule has 0 unspecified atom stereocenters. The smallest absolute Gasteiger partial charge is 0.254 e. The molecular formula is C12H19N3O. The Morgan fingerprint density at radius 2 is 2.06 bits per heavy atom. The zero-order valence-corrected chi connectivity index (χ0v) is 10.5. The molecule has 0 aliphatic rings. The molecule has 0 saturated carbocycles. The number of aryl methyl sites for hydroxylation is 1. The van der Waals surface area contributed by atoms with Crippen LogP contribution in [-0.2, 0) is 0 Å². The second kappa shape index (κ2) is 4.96. The third-order valence-corrected chi connectivity index (χ3v) is 2.55. The first-order chi connectivity index (χ1) is 7.45. The minimum Gasteiger partial charge on any atom is -0.373 e. The normalized spacial score (nSPS) is 10.4. The minimum atomic E-state index is 0.0250. The quantitative estimate of drug-likeness (QED) is 0.848. The number of nitrogens with one attached hydrogen (secondary N) is 1. The second-order valence-electron chi connectivity index (χ2n) is 4.14. The summed E-state index contributed by atoms with van der Waals surface area (Å²) in [6, 6.07) is 3.77. The number of hydrogen-bond acceptors (Lipinski definition) is 3. The Morgan fingerprint density at radius 3 is 2.56 bits per heavy atom. The van der Waals surface area contributed by atoms with E-state index in [0.717, 1.165) is 11.5 Å². The number of pyridine rings is 1. The molecule has 0 fully saturated rings. The molecule has 0 radical (unpaired) electrons. The van der Waals surface area contributed by atoms with Crippen LogP contribution < -0.4 is 5.32 Å². The monoisotopic (exact) mass is 221 g/mol. The van der Waals surface area contributed by atoms with Gasteiger partial charge in [-0.2, -0.15) is 0 Å². The molecule has 4 nitrogen and oxygen atoms in total. The van der Waals surface area contributed by atoms with Crippen LogP contribution in [0.1, 0.15) is 29.9 Å². The molecule has 88 valence electrons. The Kier molecular flexibility index (Phi) is 3.88. The summed E-state index contributed by atoms with van der Waals surface area (Å²) in [5, 5.41) is 2.95. The van der Waals surface area contributed by atoms with Crippen molar-refractivity contribution < 1.29 is 4.79 Å². The lowest BCUT2D eigenvalue weighted by Gasteiger charge is -2.21. The molecule has 1 aromatic rings. The SMILES string of the molecule is CNc1cc(C(=O)N(C)C(C)C)cc(C)n1. The van der Waals surface area contributed by atoms with E-state index in [1.807, 2.05) is 33.9 Å². The highest BCUT2D eigenvalue weighted by atomic mass is 16.2. The Labute approximate surface area is 96.7 Å². The Bertz CT molecular complexity index is 388. The molecule has 0 spiro atoms. The molecule has 16 heavy (non-hydrogen) atoms. The summed E-state index contributed by atoms with van der Waals surface area (Å²) in [6.45, 7) is 5.86. The Balaban J connectivity index is 3.04. The van der Waals surface area contributed by atoms with E-state index in [1.54, 1.807) is 18.0 Å². The van der Waals surface area contributed by atoms with Crippen LogP contribution in [0, 0.1) is 6.92 Å². The molecule has 0 bridgehead atoms. The van der Waals surface area contributed by atoms with Crippen LogP contribution in [0.15, 0.2) is 12.1 Å². The summed E-state index contributed by atoms with van der Waals surface area (Å²) in [4.78, 5) is 18.1. The summed E-state index contributed by atoms with van der Waals surface area (Å²) in [6.07, 6.45) is 0. The predicted octanol–water partition coefficient (Wildman–Crippen LogP) is 1.91. The Morgan fingerprint density at radius 1 is 1.44 bits per heavy atom. The molecule has 1 aromatic heterocycles. The van der Waals surface area contributed by atoms with E-state index in [4.69, 9.17) is 0 Å². The van der Waals surface area contributed by atoms with Gasteiger partial charge in [-0.15, -0.1) is 0 Å². The van der Waals surface area contributed by atoms with Crippen LogP contribution in [0.25, 0.3) is 0 Å². The summed E-state index contributed by atoms with van der Waals surface area (Å²) in [5.74, 6) is 0.748. The number of rotatable bonds is 3. The van der Waals surface area contributed by atoms with Gasteiger partial charge in [-0.3, -0.25) is 4.79 Å². The topological polar surface area (TPSA) is 45.2 Å². The van der Waals surface area contributed by atoms with Crippen molar-refractivity contribution in [2.75, 3.05) is 19.4 Å². The second-order valence-corrected chi connectivity index (χ2v) is 4.14. The maximum Gasteiger partial charge on any atom is 0.254 e. The van der Waals surface area contributed by atoms with Crippen molar-refractivity contribution >= 4 is 11.7 Å². The first-order valence-electron chi connectivity index (χ1n) is 5.39. The van der Waals surface area contributed by atoms with Crippen LogP contribution >= 0.6 is 0 Å². The van der Waals surface area contributed by atoms with Gasteiger partial charge in [0.05, 0.1) is 0 Å². The van der Waals surface area contributed by atoms with Gasteiger partial charge in [0.2, 0.25) is 0 Å². The lowest BCUT2D eigenvalue weighted by molar-refractivity contribution is 0.0755. The predicted molar refractivity (Wildman–Crippen MR) is 65.8 cm³/mol. The van der Waals surface area contributed by atoms with Crippen molar-refractivity contribution in [1.29, 1.82) is 0 Å². The summed E-state index contributed by atoms with van der Waals surface area (Å²) < 4.78 is 0. The van der Waals surface area contributed by atoms with Crippen LogP contribution in [0.4, 0.5) is 5.82 Å². The summed E-state index contributed by atoms with van der Waals surface area (Å²) in [7, 11) is 3.60. The van der Waals surface area contributed by atoms with Crippen LogP contribution in [-0.4, -0.2) is 35.9 Å². The molecule has 0 atom stereocenters. The van der Waals surface area contributed by atoms with E-state index in [-0.39, 0.29) is 11.9 Å². The van der Waals surface area contributed by atoms with E-state index in [0.29, 0.717) is 5.56 Å². The van der Waals surface area contributed by atoms with Crippen molar-refractivity contribution in [3.63, 3.8) is 0 Å². The molecule has 1 rings (SSSR count). The molecule has 1 heterocycles. The lowest BCUT2D eigenvalue weighted by Crippen LogP contribution is -2.33. The van der Waals surface area contributed by atoms with Crippen molar-refractivity contribution in [3.05, 3.63) is 23.4 Å². The van der Waals surface area contributed by atoms with Crippen molar-refractivity contribution in [2.24, 2.45) is 0 Å². The fourth-order valence-electron chi connectivity index (χ4n) is 1.36. The lowest BCUT2D eigenvalue weighted by atomic mass is 10.2. The number of aromatic nitrogens is 1. The standard InChI is InChI=1S/C12H19N3O/c1-8(2)15(5)12(16)10-6-9(3)14-11(7-10)13-4/h6-8H,1-5H3,(H,13,14). The van der Waals surface area contributed by atoms with Crippen molar-refractivity contribution in [3.8, 4) is 0 Å². The summed E-state index contributed by atoms with van der Waals surface area (Å²) >= 11 is 0. The van der Waals surface area contributed by atoms with Crippen LogP contribution in [0.3, 0.4) is 0 Å². The number of anilines is 1. The van der Waals surface area contributed by atoms with Gasteiger partial charge in [-0.1, -0.05) is 0 Å². The van der Waals surface area contributed by atoms with Crippen molar-refractivity contribution in [2.45, 2.75) is 26.8 Å². The van der Waals surface area contributed by atoms with Gasteiger partial charge in [0, 0.05) is 31.4 Å². The van der Waals surface area contributed by atoms with Crippen LogP contribution in [0.2, 0.25) is 0 Å². The zero-order chi connectivity index (χ0) is 12.3. The van der Waals surface area contributed by atoms with E-state index < -0.39 is 0 Å². The number of carbonyl (C=O) groups is 1. The largest absolute Gasteiger partial charge is 0.373 e. The van der Waals surface area contributed by atoms with E-state index in [9.17, 15) is 4.79 Å². The average Bonchev–Trinajstić information content (AvgIpc) is 2.25. The van der Waals surface area contributed by atoms with Gasteiger partial charge in [0.1, 0.15) is 5.82 Å². The van der Waals surface area contributed by atoms with Gasteiger partial charge in [-0.05, 0) is 32.9 Å². The first kappa shape index (κ1) is 12.5. The highest BCUT2D eigenvalue weighted by Crippen LogP contribution is 2.12. The summed E-state index contributed by atoms with van der Waals surface area (Å²) in [5.41, 5.74) is 1.51. The molecular weight excluding hydrogens is 202 g/mol. The van der Waals surface area contributed by atoms with Gasteiger partial charge in [0.15, 0.2) is 0 Å². The molecule has 1 N–H and O–H groups in total. The number of carbonyl (C=O) groups excluding carboxylic acids is 1. The average molecular weight is 221 g/mol. The zero-order valence-electron chi connectivity index (χ0n) is 10.5. The molecule has 1 amide bonds. The van der Waals surface area contributed by atoms with Gasteiger partial charge in [0.25, 0.3) is 5.91 Å². The van der Waals surface area contributed by atoms with Gasteiger partial charge >= 0.3 is 0 Å². The molecule has 4 heteroatoms. The number of amides is 1. The highest BCUT2D eigenvalue weighted by molar-refractivity contribution is 5.95. The van der Waals surface area contributed by atoms with E-state index in [2.05, 4.69) is 10.3 Å². The number of hydrogen-bond donors (Lipinski definition) is 1. The first-order valence-corrected chi connectivity index (χ1v) is 5.39. The third-order valence-electron chi connectivity index (χ3n) is 2.55. The third kappa shape index (κ3) is 2.72. The molecule has 0 aliphatic heterocycles. The fourth-order valence-corrected chi connectivity index (χ4v) is 1.36. The van der Waals surface area contributed by atoms with Crippen LogP contribution in [0.5, 0.6) is 0 Å². The van der Waals surface area contributed by atoms with Gasteiger partial charge in [-0.25, -0.2) is 4.98 Å². The molecule has 0 saturated heterocycles. The maximum atomic E-state index is 12.1. The number of nitrogens with zero attached hydrogens (tertiary/aromatic N) is 2. The molecule has 0 aliphatic carbocycles. The maximum absolute atomic E-state index is 12.1. The fraction of sp³-hybridized carbons (Fsp3) is 0.500. The minimum absolute atomic E-state index is 0.0250. The van der Waals surface area contributed by atoms with Crippen molar-refractivity contribution in [1.82, 2.24) is 9.88 Å². The Hall–Kier alpha value is -1.58. The van der Waals surface area contributed by atoms with E-state index in [1.165, 1.54) is 0 Å². The van der Waals surface area contributed by atoms with Gasteiger partial charge < -0.3 is 10.2 Å². The molecule has 0 aromatic carbocycles. The van der Waals surface area contributed by atoms with E-state index >= 15 is 0 Å².